The third-order valence-corrected chi connectivity index (χ3v) is 2.87. The van der Waals surface area contributed by atoms with Gasteiger partial charge in [0.2, 0.25) is 5.91 Å². The third-order valence-electron chi connectivity index (χ3n) is 2.87. The van der Waals surface area contributed by atoms with Gasteiger partial charge in [0.15, 0.2) is 0 Å². The van der Waals surface area contributed by atoms with Crippen LogP contribution in [0.25, 0.3) is 0 Å². The maximum absolute atomic E-state index is 12.1. The summed E-state index contributed by atoms with van der Waals surface area (Å²) in [6, 6.07) is 3.89. The lowest BCUT2D eigenvalue weighted by molar-refractivity contribution is -0.117. The van der Waals surface area contributed by atoms with E-state index in [-0.39, 0.29) is 11.3 Å². The van der Waals surface area contributed by atoms with Crippen molar-refractivity contribution in [3.05, 3.63) is 29.3 Å². The zero-order valence-corrected chi connectivity index (χ0v) is 13.9. The number of carbonyl (C=O) groups excluding carboxylic acids is 2. The van der Waals surface area contributed by atoms with E-state index in [4.69, 9.17) is 4.74 Å². The number of carboxylic acid groups (broad SMARTS) is 1. The minimum atomic E-state index is -1.13. The van der Waals surface area contributed by atoms with Crippen molar-refractivity contribution in [2.24, 2.45) is 0 Å². The Balaban J connectivity index is 2.79. The number of rotatable bonds is 4. The van der Waals surface area contributed by atoms with E-state index in [9.17, 15) is 19.5 Å². The Morgan fingerprint density at radius 3 is 2.35 bits per heavy atom. The number of aryl methyl sites for hydroxylation is 1. The van der Waals surface area contributed by atoms with E-state index in [1.165, 1.54) is 13.0 Å². The molecule has 0 fully saturated rings. The van der Waals surface area contributed by atoms with Crippen LogP contribution >= 0.6 is 0 Å². The molecule has 0 aliphatic heterocycles. The highest BCUT2D eigenvalue weighted by Crippen LogP contribution is 2.19. The van der Waals surface area contributed by atoms with E-state index in [1.54, 1.807) is 39.8 Å². The molecule has 3 N–H and O–H groups in total. The summed E-state index contributed by atoms with van der Waals surface area (Å²) < 4.78 is 5.07. The Labute approximate surface area is 135 Å². The number of alkyl carbamates (subject to hydrolysis) is 1. The maximum Gasteiger partial charge on any atom is 0.408 e. The van der Waals surface area contributed by atoms with E-state index < -0.39 is 29.6 Å². The molecule has 1 unspecified atom stereocenters. The zero-order chi connectivity index (χ0) is 17.8. The van der Waals surface area contributed by atoms with Gasteiger partial charge in [-0.15, -0.1) is 0 Å². The quantitative estimate of drug-likeness (QED) is 0.790. The van der Waals surface area contributed by atoms with Crippen LogP contribution in [0.1, 0.15) is 43.6 Å². The average molecular weight is 322 g/mol. The summed E-state index contributed by atoms with van der Waals surface area (Å²) in [7, 11) is 0. The molecule has 2 amide bonds. The van der Waals surface area contributed by atoms with Gasteiger partial charge in [-0.1, -0.05) is 12.1 Å². The van der Waals surface area contributed by atoms with Crippen LogP contribution in [0.4, 0.5) is 10.5 Å². The molecule has 0 aliphatic carbocycles. The van der Waals surface area contributed by atoms with Crippen LogP contribution in [0.3, 0.4) is 0 Å². The first-order valence-corrected chi connectivity index (χ1v) is 7.14. The topological polar surface area (TPSA) is 105 Å². The van der Waals surface area contributed by atoms with Gasteiger partial charge in [0.1, 0.15) is 11.6 Å². The van der Waals surface area contributed by atoms with Gasteiger partial charge in [0.05, 0.1) is 11.3 Å². The van der Waals surface area contributed by atoms with Crippen molar-refractivity contribution >= 4 is 23.7 Å². The number of anilines is 1. The van der Waals surface area contributed by atoms with Crippen LogP contribution in [0.15, 0.2) is 18.2 Å². The standard InChI is InChI=1S/C16H22N2O5/c1-9-7-6-8-11(12(9)14(20)21)18-13(19)10(2)17-15(22)23-16(3,4)5/h6-8,10H,1-5H3,(H,17,22)(H,18,19)(H,20,21). The van der Waals surface area contributed by atoms with Crippen molar-refractivity contribution in [3.8, 4) is 0 Å². The monoisotopic (exact) mass is 322 g/mol. The molecule has 23 heavy (non-hydrogen) atoms. The summed E-state index contributed by atoms with van der Waals surface area (Å²) in [4.78, 5) is 35.1. The molecule has 1 atom stereocenters. The summed E-state index contributed by atoms with van der Waals surface area (Å²) in [6.07, 6.45) is -0.720. The molecule has 1 aromatic carbocycles. The smallest absolute Gasteiger partial charge is 0.408 e. The summed E-state index contributed by atoms with van der Waals surface area (Å²) >= 11 is 0. The van der Waals surface area contributed by atoms with Gasteiger partial charge in [-0.05, 0) is 46.2 Å². The Bertz CT molecular complexity index is 619. The number of hydrogen-bond donors (Lipinski definition) is 3. The predicted octanol–water partition coefficient (Wildman–Crippen LogP) is 2.54. The highest BCUT2D eigenvalue weighted by atomic mass is 16.6. The molecule has 0 aromatic heterocycles. The summed E-state index contributed by atoms with van der Waals surface area (Å²) in [5, 5.41) is 14.1. The minimum Gasteiger partial charge on any atom is -0.478 e. The van der Waals surface area contributed by atoms with Crippen molar-refractivity contribution in [1.82, 2.24) is 5.32 Å². The average Bonchev–Trinajstić information content (AvgIpc) is 2.35. The lowest BCUT2D eigenvalue weighted by Gasteiger charge is -2.22. The highest BCUT2D eigenvalue weighted by Gasteiger charge is 2.22. The Hall–Kier alpha value is -2.57. The molecule has 1 rings (SSSR count). The molecule has 7 heteroatoms. The molecule has 0 radical (unpaired) electrons. The Morgan fingerprint density at radius 2 is 1.83 bits per heavy atom. The summed E-state index contributed by atoms with van der Waals surface area (Å²) in [5.41, 5.74) is 0.0570. The fourth-order valence-corrected chi connectivity index (χ4v) is 1.85. The van der Waals surface area contributed by atoms with Crippen molar-refractivity contribution in [2.75, 3.05) is 5.32 Å². The zero-order valence-electron chi connectivity index (χ0n) is 13.9. The first-order valence-electron chi connectivity index (χ1n) is 7.14. The molecule has 7 nitrogen and oxygen atoms in total. The van der Waals surface area contributed by atoms with Gasteiger partial charge in [-0.3, -0.25) is 4.79 Å². The number of benzene rings is 1. The Morgan fingerprint density at radius 1 is 1.22 bits per heavy atom. The lowest BCUT2D eigenvalue weighted by atomic mass is 10.1. The predicted molar refractivity (Wildman–Crippen MR) is 85.6 cm³/mol. The van der Waals surface area contributed by atoms with Crippen LogP contribution < -0.4 is 10.6 Å². The molecule has 0 bridgehead atoms. The van der Waals surface area contributed by atoms with Gasteiger partial charge in [-0.2, -0.15) is 0 Å². The van der Waals surface area contributed by atoms with E-state index in [0.717, 1.165) is 0 Å². The molecule has 126 valence electrons. The maximum atomic E-state index is 12.1. The van der Waals surface area contributed by atoms with Crippen molar-refractivity contribution in [2.45, 2.75) is 46.3 Å². The van der Waals surface area contributed by atoms with Crippen molar-refractivity contribution in [1.29, 1.82) is 0 Å². The number of carbonyl (C=O) groups is 3. The van der Waals surface area contributed by atoms with Crippen LogP contribution in [-0.4, -0.2) is 34.7 Å². The van der Waals surface area contributed by atoms with Crippen LogP contribution in [0.2, 0.25) is 0 Å². The molecule has 1 aromatic rings. The normalized spacial score (nSPS) is 12.2. The number of nitrogens with one attached hydrogen (secondary N) is 2. The summed E-state index contributed by atoms with van der Waals surface area (Å²) in [5.74, 6) is -1.67. The second-order valence-electron chi connectivity index (χ2n) is 6.16. The van der Waals surface area contributed by atoms with E-state index in [1.807, 2.05) is 0 Å². The van der Waals surface area contributed by atoms with E-state index >= 15 is 0 Å². The number of amides is 2. The second-order valence-corrected chi connectivity index (χ2v) is 6.16. The molecular weight excluding hydrogens is 300 g/mol. The molecule has 0 heterocycles. The van der Waals surface area contributed by atoms with Crippen LogP contribution in [-0.2, 0) is 9.53 Å². The Kier molecular flexibility index (Phi) is 5.73. The fourth-order valence-electron chi connectivity index (χ4n) is 1.85. The second kappa shape index (κ2) is 7.13. The van der Waals surface area contributed by atoms with Crippen LogP contribution in [0, 0.1) is 6.92 Å². The van der Waals surface area contributed by atoms with Gasteiger partial charge < -0.3 is 20.5 Å². The first kappa shape index (κ1) is 18.5. The molecule has 0 aliphatic rings. The number of carboxylic acids is 1. The largest absolute Gasteiger partial charge is 0.478 e. The lowest BCUT2D eigenvalue weighted by Crippen LogP contribution is -2.44. The highest BCUT2D eigenvalue weighted by molar-refractivity contribution is 6.03. The van der Waals surface area contributed by atoms with E-state index in [0.29, 0.717) is 5.56 Å². The molecule has 0 spiro atoms. The van der Waals surface area contributed by atoms with Gasteiger partial charge in [0, 0.05) is 0 Å². The van der Waals surface area contributed by atoms with Gasteiger partial charge >= 0.3 is 12.1 Å². The SMILES string of the molecule is Cc1cccc(NC(=O)C(C)NC(=O)OC(C)(C)C)c1C(=O)O. The van der Waals surface area contributed by atoms with Gasteiger partial charge in [-0.25, -0.2) is 9.59 Å². The first-order chi connectivity index (χ1) is 10.5. The molecule has 0 saturated heterocycles. The third kappa shape index (κ3) is 5.61. The molecular formula is C16H22N2O5. The number of hydrogen-bond acceptors (Lipinski definition) is 4. The number of aromatic carboxylic acids is 1. The van der Waals surface area contributed by atoms with Gasteiger partial charge in [0.25, 0.3) is 0 Å². The van der Waals surface area contributed by atoms with E-state index in [2.05, 4.69) is 10.6 Å². The minimum absolute atomic E-state index is 0.0188. The van der Waals surface area contributed by atoms with Crippen molar-refractivity contribution in [3.63, 3.8) is 0 Å². The number of ether oxygens (including phenoxy) is 1. The fraction of sp³-hybridized carbons (Fsp3) is 0.438. The van der Waals surface area contributed by atoms with Crippen molar-refractivity contribution < 1.29 is 24.2 Å². The molecule has 0 saturated carbocycles. The van der Waals surface area contributed by atoms with Crippen LogP contribution in [0.5, 0.6) is 0 Å². The summed E-state index contributed by atoms with van der Waals surface area (Å²) in [6.45, 7) is 8.26.